The van der Waals surface area contributed by atoms with E-state index in [1.807, 2.05) is 0 Å². The number of carbonyl (C=O) groups excluding carboxylic acids is 4. The van der Waals surface area contributed by atoms with Crippen molar-refractivity contribution in [1.82, 2.24) is 20.5 Å². The number of carbonyl (C=O) groups is 4. The number of rotatable bonds is 14. The molecule has 1 heterocycles. The van der Waals surface area contributed by atoms with Crippen LogP contribution in [0.25, 0.3) is 10.9 Å². The van der Waals surface area contributed by atoms with Crippen LogP contribution in [0.4, 0.5) is 18.9 Å². The summed E-state index contributed by atoms with van der Waals surface area (Å²) in [6.45, 7) is 1.97. The molecule has 0 fully saturated rings. The van der Waals surface area contributed by atoms with Crippen molar-refractivity contribution in [2.75, 3.05) is 31.5 Å². The molecule has 0 aliphatic carbocycles. The third-order valence-electron chi connectivity index (χ3n) is 6.79. The molecule has 3 rings (SSSR count). The molecule has 15 heteroatoms. The van der Waals surface area contributed by atoms with E-state index in [0.29, 0.717) is 16.8 Å². The van der Waals surface area contributed by atoms with E-state index >= 15 is 0 Å². The Hall–Kier alpha value is -4.60. The number of fused-ring (bicyclic) bond motifs is 1. The van der Waals surface area contributed by atoms with Crippen LogP contribution in [0.15, 0.2) is 60.8 Å². The quantitative estimate of drug-likeness (QED) is 0.151. The zero-order valence-corrected chi connectivity index (χ0v) is 24.6. The van der Waals surface area contributed by atoms with Gasteiger partial charge in [-0.15, -0.1) is 0 Å². The van der Waals surface area contributed by atoms with Crippen LogP contribution in [-0.2, 0) is 31.8 Å². The van der Waals surface area contributed by atoms with Crippen molar-refractivity contribution in [3.8, 4) is 0 Å². The summed E-state index contributed by atoms with van der Waals surface area (Å²) in [5.74, 6) is -2.85. The van der Waals surface area contributed by atoms with Gasteiger partial charge < -0.3 is 38.1 Å². The number of hydrogen-bond acceptors (Lipinski definition) is 8. The number of aromatic nitrogens is 1. The third kappa shape index (κ3) is 10.2. The van der Waals surface area contributed by atoms with E-state index in [1.165, 1.54) is 30.2 Å². The standard InChI is InChI=1S/C30H37F3N8O4/c1-18(36)27(43)39-25(16-26(42)41(12-10-34)13-11-35)29(45)40-24(14-19-6-8-21(9-7-19)30(31,32)33)28(44)38-22-15-20-4-2-3-5-23(20)37-17-22/h2-9,15,17-18,24-25H,10-14,16,34-36H2,1H3,(H,38,44)(H,39,43)(H,40,45). The smallest absolute Gasteiger partial charge is 0.342 e. The molecule has 0 radical (unpaired) electrons. The van der Waals surface area contributed by atoms with Gasteiger partial charge in [-0.3, -0.25) is 24.2 Å². The highest BCUT2D eigenvalue weighted by Gasteiger charge is 2.32. The second kappa shape index (κ2) is 15.9. The molecule has 0 spiro atoms. The van der Waals surface area contributed by atoms with Crippen molar-refractivity contribution in [2.45, 2.75) is 44.1 Å². The van der Waals surface area contributed by atoms with Gasteiger partial charge in [0.1, 0.15) is 12.1 Å². The molecule has 12 nitrogen and oxygen atoms in total. The Bertz CT molecular complexity index is 1480. The molecule has 0 saturated heterocycles. The maximum atomic E-state index is 13.6. The number of anilines is 1. The monoisotopic (exact) mass is 630 g/mol. The van der Waals surface area contributed by atoms with Crippen LogP contribution in [0.3, 0.4) is 0 Å². The minimum Gasteiger partial charge on any atom is -0.342 e. The maximum absolute atomic E-state index is 13.6. The van der Waals surface area contributed by atoms with Crippen molar-refractivity contribution < 1.29 is 32.3 Å². The Morgan fingerprint density at radius 1 is 0.889 bits per heavy atom. The number of para-hydroxylation sites is 1. The van der Waals surface area contributed by atoms with Crippen LogP contribution in [0.1, 0.15) is 24.5 Å². The topological polar surface area (TPSA) is 199 Å². The van der Waals surface area contributed by atoms with Gasteiger partial charge >= 0.3 is 6.18 Å². The number of halogens is 3. The molecule has 1 aromatic heterocycles. The van der Waals surface area contributed by atoms with E-state index in [1.54, 1.807) is 30.3 Å². The van der Waals surface area contributed by atoms with Crippen molar-refractivity contribution in [1.29, 1.82) is 0 Å². The number of nitrogens with one attached hydrogen (secondary N) is 3. The average molecular weight is 631 g/mol. The molecule has 0 saturated carbocycles. The number of nitrogens with two attached hydrogens (primary N) is 3. The van der Waals surface area contributed by atoms with Crippen LogP contribution < -0.4 is 33.2 Å². The minimum atomic E-state index is -4.56. The first-order valence-corrected chi connectivity index (χ1v) is 14.2. The summed E-state index contributed by atoms with van der Waals surface area (Å²) < 4.78 is 39.4. The lowest BCUT2D eigenvalue weighted by Gasteiger charge is -2.26. The van der Waals surface area contributed by atoms with E-state index in [9.17, 15) is 32.3 Å². The summed E-state index contributed by atoms with van der Waals surface area (Å²) in [6.07, 6.45) is -3.85. The molecule has 4 amide bonds. The second-order valence-electron chi connectivity index (χ2n) is 10.4. The fourth-order valence-electron chi connectivity index (χ4n) is 4.40. The summed E-state index contributed by atoms with van der Waals surface area (Å²) in [4.78, 5) is 58.2. The van der Waals surface area contributed by atoms with E-state index in [-0.39, 0.29) is 32.6 Å². The number of amides is 4. The highest BCUT2D eigenvalue weighted by molar-refractivity contribution is 6.00. The van der Waals surface area contributed by atoms with Crippen LogP contribution in [0.2, 0.25) is 0 Å². The fraction of sp³-hybridized carbons (Fsp3) is 0.367. The van der Waals surface area contributed by atoms with E-state index in [0.717, 1.165) is 17.5 Å². The molecule has 9 N–H and O–H groups in total. The van der Waals surface area contributed by atoms with Gasteiger partial charge in [-0.25, -0.2) is 0 Å². The van der Waals surface area contributed by atoms with Crippen LogP contribution in [-0.4, -0.2) is 77.8 Å². The van der Waals surface area contributed by atoms with Crippen molar-refractivity contribution in [3.63, 3.8) is 0 Å². The lowest BCUT2D eigenvalue weighted by atomic mass is 10.0. The second-order valence-corrected chi connectivity index (χ2v) is 10.4. The molecule has 2 aromatic carbocycles. The maximum Gasteiger partial charge on any atom is 0.416 e. The Morgan fingerprint density at radius 2 is 1.51 bits per heavy atom. The first-order chi connectivity index (χ1) is 21.3. The van der Waals surface area contributed by atoms with Crippen LogP contribution in [0, 0.1) is 0 Å². The van der Waals surface area contributed by atoms with Gasteiger partial charge in [0.15, 0.2) is 0 Å². The van der Waals surface area contributed by atoms with Crippen LogP contribution in [0.5, 0.6) is 0 Å². The molecular weight excluding hydrogens is 593 g/mol. The summed E-state index contributed by atoms with van der Waals surface area (Å²) in [5, 5.41) is 8.40. The lowest BCUT2D eigenvalue weighted by Crippen LogP contribution is -2.56. The van der Waals surface area contributed by atoms with Crippen molar-refractivity contribution in [3.05, 3.63) is 71.9 Å². The molecule has 3 unspecified atom stereocenters. The van der Waals surface area contributed by atoms with Gasteiger partial charge in [0.25, 0.3) is 0 Å². The average Bonchev–Trinajstić information content (AvgIpc) is 2.99. The Kier molecular flexibility index (Phi) is 12.3. The molecule has 242 valence electrons. The minimum absolute atomic E-state index is 0.133. The number of hydrogen-bond donors (Lipinski definition) is 6. The number of pyridine rings is 1. The summed E-state index contributed by atoms with van der Waals surface area (Å²) in [6, 6.07) is 9.18. The summed E-state index contributed by atoms with van der Waals surface area (Å²) in [7, 11) is 0. The third-order valence-corrected chi connectivity index (χ3v) is 6.79. The molecule has 0 aliphatic rings. The Balaban J connectivity index is 1.90. The van der Waals surface area contributed by atoms with Crippen LogP contribution >= 0.6 is 0 Å². The van der Waals surface area contributed by atoms with Gasteiger partial charge in [-0.1, -0.05) is 30.3 Å². The zero-order valence-electron chi connectivity index (χ0n) is 24.6. The zero-order chi connectivity index (χ0) is 33.1. The Labute approximate surface area is 257 Å². The van der Waals surface area contributed by atoms with E-state index in [4.69, 9.17) is 17.2 Å². The molecule has 0 bridgehead atoms. The summed E-state index contributed by atoms with van der Waals surface area (Å²) >= 11 is 0. The van der Waals surface area contributed by atoms with Gasteiger partial charge in [0.05, 0.1) is 35.4 Å². The van der Waals surface area contributed by atoms with Gasteiger partial charge in [-0.2, -0.15) is 13.2 Å². The normalized spacial score (nSPS) is 13.4. The number of alkyl halides is 3. The van der Waals surface area contributed by atoms with E-state index in [2.05, 4.69) is 20.9 Å². The molecular formula is C30H37F3N8O4. The number of benzene rings is 2. The number of nitrogens with zero attached hydrogens (tertiary/aromatic N) is 2. The predicted molar refractivity (Wildman–Crippen MR) is 162 cm³/mol. The summed E-state index contributed by atoms with van der Waals surface area (Å²) in [5.41, 5.74) is 17.3. The first kappa shape index (κ1) is 34.9. The fourth-order valence-corrected chi connectivity index (χ4v) is 4.40. The first-order valence-electron chi connectivity index (χ1n) is 14.2. The predicted octanol–water partition coefficient (Wildman–Crippen LogP) is 0.888. The van der Waals surface area contributed by atoms with Crippen molar-refractivity contribution >= 4 is 40.2 Å². The Morgan fingerprint density at radius 3 is 2.11 bits per heavy atom. The lowest BCUT2D eigenvalue weighted by molar-refractivity contribution is -0.138. The van der Waals surface area contributed by atoms with Gasteiger partial charge in [-0.05, 0) is 36.8 Å². The molecule has 45 heavy (non-hydrogen) atoms. The van der Waals surface area contributed by atoms with Crippen molar-refractivity contribution in [2.24, 2.45) is 17.2 Å². The largest absolute Gasteiger partial charge is 0.416 e. The molecule has 3 aromatic rings. The van der Waals surface area contributed by atoms with Gasteiger partial charge in [0.2, 0.25) is 23.6 Å². The van der Waals surface area contributed by atoms with Gasteiger partial charge in [0, 0.05) is 38.0 Å². The molecule has 3 atom stereocenters. The highest BCUT2D eigenvalue weighted by atomic mass is 19.4. The SMILES string of the molecule is CC(N)C(=O)NC(CC(=O)N(CCN)CCN)C(=O)NC(Cc1ccc(C(F)(F)F)cc1)C(=O)Nc1cnc2ccccc2c1. The highest BCUT2D eigenvalue weighted by Crippen LogP contribution is 2.29. The molecule has 0 aliphatic heterocycles. The van der Waals surface area contributed by atoms with E-state index < -0.39 is 59.9 Å².